The number of rotatable bonds is 15. The third-order valence-corrected chi connectivity index (χ3v) is 9.90. The minimum atomic E-state index is -4.08. The molecule has 5 rings (SSSR count). The molecule has 14 nitrogen and oxygen atoms in total. The number of aliphatic hydroxyl groups excluding tert-OH is 1. The van der Waals surface area contributed by atoms with Gasteiger partial charge in [0, 0.05) is 26.1 Å². The minimum Gasteiger partial charge on any atom is -0.492 e. The molecule has 5 atom stereocenters. The second-order valence-electron chi connectivity index (χ2n) is 12.2. The largest absolute Gasteiger partial charge is 0.492 e. The molecular formula is C32H43N3O11S. The average Bonchev–Trinajstić information content (AvgIpc) is 3.78. The topological polar surface area (TPSA) is 171 Å². The van der Waals surface area contributed by atoms with E-state index in [4.69, 9.17) is 28.4 Å². The van der Waals surface area contributed by atoms with Gasteiger partial charge in [0.1, 0.15) is 18.5 Å². The van der Waals surface area contributed by atoms with Crippen LogP contribution in [0, 0.1) is 11.8 Å². The van der Waals surface area contributed by atoms with Gasteiger partial charge in [0.2, 0.25) is 22.7 Å². The molecule has 258 valence electrons. The number of alkyl carbamates (subject to hydrolysis) is 1. The summed E-state index contributed by atoms with van der Waals surface area (Å²) in [5, 5.41) is 17.0. The summed E-state index contributed by atoms with van der Waals surface area (Å²) in [7, 11) is -4.08. The Labute approximate surface area is 274 Å². The van der Waals surface area contributed by atoms with Crippen molar-refractivity contribution in [2.45, 2.75) is 63.0 Å². The maximum absolute atomic E-state index is 13.9. The van der Waals surface area contributed by atoms with Crippen LogP contribution in [-0.4, -0.2) is 101 Å². The fraction of sp³-hybridized carbons (Fsp3) is 0.562. The van der Waals surface area contributed by atoms with Crippen LogP contribution in [0.2, 0.25) is 0 Å². The maximum Gasteiger partial charge on any atom is 0.407 e. The van der Waals surface area contributed by atoms with Crippen molar-refractivity contribution in [2.75, 3.05) is 46.2 Å². The van der Waals surface area contributed by atoms with Crippen LogP contribution in [0.5, 0.6) is 17.2 Å². The molecule has 3 N–H and O–H groups in total. The van der Waals surface area contributed by atoms with E-state index < -0.39 is 40.7 Å². The standard InChI is InChI=1S/C32H43N3O11S/c1-20(2)16-35(47(39,40)24-8-9-28-29(15-24)45-19-44-28)17-27(37)26(34-32(38)46-30-18-43-31-25(30)10-12-42-31)14-22-4-6-23(7-5-22)41-13-11-33-21(3)36/h4-9,15,20,25-27,30-31,37H,10-14,16-19H2,1-3H3,(H,33,36)(H,34,38)/t25?,26-,27+,30?,31?/m0/s1. The van der Waals surface area contributed by atoms with Gasteiger partial charge in [-0.2, -0.15) is 4.31 Å². The number of nitrogens with zero attached hydrogens (tertiary/aromatic N) is 1. The van der Waals surface area contributed by atoms with Crippen molar-refractivity contribution in [2.24, 2.45) is 11.8 Å². The summed E-state index contributed by atoms with van der Waals surface area (Å²) in [6.45, 7) is 6.39. The van der Waals surface area contributed by atoms with Crippen molar-refractivity contribution in [1.29, 1.82) is 0 Å². The smallest absolute Gasteiger partial charge is 0.407 e. The summed E-state index contributed by atoms with van der Waals surface area (Å²) in [6, 6.07) is 10.6. The van der Waals surface area contributed by atoms with Gasteiger partial charge < -0.3 is 44.2 Å². The molecule has 2 aromatic rings. The number of benzene rings is 2. The highest BCUT2D eigenvalue weighted by atomic mass is 32.2. The van der Waals surface area contributed by atoms with Gasteiger partial charge in [-0.05, 0) is 48.6 Å². The molecule has 2 saturated heterocycles. The molecule has 0 aromatic heterocycles. The van der Waals surface area contributed by atoms with Gasteiger partial charge in [-0.15, -0.1) is 0 Å². The first-order valence-corrected chi connectivity index (χ1v) is 17.2. The Morgan fingerprint density at radius 1 is 1.06 bits per heavy atom. The first-order chi connectivity index (χ1) is 22.5. The third-order valence-electron chi connectivity index (χ3n) is 8.08. The normalized spacial score (nSPS) is 21.4. The van der Waals surface area contributed by atoms with Crippen molar-refractivity contribution in [1.82, 2.24) is 14.9 Å². The Hall–Kier alpha value is -3.63. The fourth-order valence-electron chi connectivity index (χ4n) is 5.73. The SMILES string of the molecule is CC(=O)NCCOc1ccc(C[C@H](NC(=O)OC2COC3OCCC23)[C@H](O)CN(CC(C)C)S(=O)(=O)c2ccc3c(c2)OCO3)cc1. The molecule has 3 aliphatic heterocycles. The van der Waals surface area contributed by atoms with E-state index in [2.05, 4.69) is 10.6 Å². The number of amides is 2. The molecule has 3 unspecified atom stereocenters. The number of hydrogen-bond acceptors (Lipinski definition) is 11. The number of carbonyl (C=O) groups is 2. The zero-order valence-electron chi connectivity index (χ0n) is 26.8. The fourth-order valence-corrected chi connectivity index (χ4v) is 7.36. The highest BCUT2D eigenvalue weighted by molar-refractivity contribution is 7.89. The summed E-state index contributed by atoms with van der Waals surface area (Å²) >= 11 is 0. The van der Waals surface area contributed by atoms with Gasteiger partial charge in [-0.25, -0.2) is 13.2 Å². The van der Waals surface area contributed by atoms with E-state index in [0.29, 0.717) is 36.8 Å². The van der Waals surface area contributed by atoms with Crippen molar-refractivity contribution in [3.63, 3.8) is 0 Å². The van der Waals surface area contributed by atoms with Gasteiger partial charge in [0.05, 0.1) is 42.7 Å². The molecule has 0 radical (unpaired) electrons. The lowest BCUT2D eigenvalue weighted by Gasteiger charge is -2.31. The Morgan fingerprint density at radius 2 is 1.83 bits per heavy atom. The average molecular weight is 678 g/mol. The molecule has 3 heterocycles. The molecule has 3 aliphatic rings. The number of aliphatic hydroxyl groups is 1. The number of hydrogen-bond donors (Lipinski definition) is 3. The lowest BCUT2D eigenvalue weighted by Crippen LogP contribution is -2.51. The van der Waals surface area contributed by atoms with Crippen LogP contribution in [0.3, 0.4) is 0 Å². The van der Waals surface area contributed by atoms with E-state index >= 15 is 0 Å². The number of fused-ring (bicyclic) bond motifs is 2. The molecule has 2 fully saturated rings. The number of nitrogens with one attached hydrogen (secondary N) is 2. The van der Waals surface area contributed by atoms with E-state index in [1.807, 2.05) is 13.8 Å². The van der Waals surface area contributed by atoms with Crippen molar-refractivity contribution in [3.8, 4) is 17.2 Å². The predicted octanol–water partition coefficient (Wildman–Crippen LogP) is 2.04. The predicted molar refractivity (Wildman–Crippen MR) is 167 cm³/mol. The third kappa shape index (κ3) is 9.05. The Balaban J connectivity index is 1.31. The molecular weight excluding hydrogens is 634 g/mol. The van der Waals surface area contributed by atoms with Crippen molar-refractivity contribution < 1.29 is 51.5 Å². The van der Waals surface area contributed by atoms with Crippen LogP contribution < -0.4 is 24.8 Å². The van der Waals surface area contributed by atoms with E-state index in [1.54, 1.807) is 30.3 Å². The lowest BCUT2D eigenvalue weighted by atomic mass is 10.0. The quantitative estimate of drug-likeness (QED) is 0.236. The second kappa shape index (κ2) is 15.5. The molecule has 2 aromatic carbocycles. The van der Waals surface area contributed by atoms with E-state index in [1.165, 1.54) is 23.4 Å². The number of ether oxygens (including phenoxy) is 6. The zero-order chi connectivity index (χ0) is 33.6. The van der Waals surface area contributed by atoms with E-state index in [-0.39, 0.29) is 62.2 Å². The first kappa shape index (κ1) is 34.7. The van der Waals surface area contributed by atoms with E-state index in [0.717, 1.165) is 5.56 Å². The lowest BCUT2D eigenvalue weighted by molar-refractivity contribution is -0.119. The van der Waals surface area contributed by atoms with Crippen molar-refractivity contribution >= 4 is 22.0 Å². The summed E-state index contributed by atoms with van der Waals surface area (Å²) in [6.07, 6.45) is -2.10. The van der Waals surface area contributed by atoms with Gasteiger partial charge in [0.15, 0.2) is 17.8 Å². The van der Waals surface area contributed by atoms with Crippen LogP contribution in [0.1, 0.15) is 32.8 Å². The zero-order valence-corrected chi connectivity index (χ0v) is 27.6. The second-order valence-corrected chi connectivity index (χ2v) is 14.1. The van der Waals surface area contributed by atoms with Gasteiger partial charge in [0.25, 0.3) is 0 Å². The van der Waals surface area contributed by atoms with Crippen LogP contribution in [0.25, 0.3) is 0 Å². The first-order valence-electron chi connectivity index (χ1n) is 15.7. The van der Waals surface area contributed by atoms with Crippen LogP contribution in [0.4, 0.5) is 4.79 Å². The summed E-state index contributed by atoms with van der Waals surface area (Å²) in [4.78, 5) is 24.3. The monoisotopic (exact) mass is 677 g/mol. The Bertz CT molecular complexity index is 1490. The Kier molecular flexibility index (Phi) is 11.5. The van der Waals surface area contributed by atoms with Gasteiger partial charge in [-0.1, -0.05) is 26.0 Å². The minimum absolute atomic E-state index is 0.00202. The van der Waals surface area contributed by atoms with Crippen LogP contribution in [-0.2, 0) is 35.4 Å². The number of sulfonamides is 1. The maximum atomic E-state index is 13.9. The van der Waals surface area contributed by atoms with E-state index in [9.17, 15) is 23.1 Å². The highest BCUT2D eigenvalue weighted by Crippen LogP contribution is 2.35. The molecule has 15 heteroatoms. The summed E-state index contributed by atoms with van der Waals surface area (Å²) in [5.41, 5.74) is 0.756. The van der Waals surface area contributed by atoms with Crippen LogP contribution in [0.15, 0.2) is 47.4 Å². The summed E-state index contributed by atoms with van der Waals surface area (Å²) < 4.78 is 62.2. The molecule has 0 bridgehead atoms. The highest BCUT2D eigenvalue weighted by Gasteiger charge is 2.44. The van der Waals surface area contributed by atoms with Crippen LogP contribution >= 0.6 is 0 Å². The molecule has 0 saturated carbocycles. The summed E-state index contributed by atoms with van der Waals surface area (Å²) in [5.74, 6) is 1.07. The molecule has 0 spiro atoms. The molecule has 0 aliphatic carbocycles. The Morgan fingerprint density at radius 3 is 2.57 bits per heavy atom. The van der Waals surface area contributed by atoms with Crippen molar-refractivity contribution in [3.05, 3.63) is 48.0 Å². The number of carbonyl (C=O) groups excluding carboxylic acids is 2. The van der Waals surface area contributed by atoms with Gasteiger partial charge >= 0.3 is 6.09 Å². The molecule has 2 amide bonds. The molecule has 47 heavy (non-hydrogen) atoms. The van der Waals surface area contributed by atoms with Gasteiger partial charge in [-0.3, -0.25) is 4.79 Å².